The van der Waals surface area contributed by atoms with E-state index in [0.29, 0.717) is 40.2 Å². The normalized spacial score (nSPS) is 9.28. The number of anilines is 1. The van der Waals surface area contributed by atoms with Gasteiger partial charge in [-0.25, -0.2) is 0 Å². The van der Waals surface area contributed by atoms with Crippen LogP contribution in [0.1, 0.15) is 11.1 Å². The van der Waals surface area contributed by atoms with Gasteiger partial charge >= 0.3 is 0 Å². The molecule has 0 aliphatic carbocycles. The zero-order valence-corrected chi connectivity index (χ0v) is 26.7. The number of ether oxygens (including phenoxy) is 4. The third-order valence-corrected chi connectivity index (χ3v) is 4.90. The molecule has 0 bridgehead atoms. The van der Waals surface area contributed by atoms with Crippen LogP contribution in [0.25, 0.3) is 0 Å². The fourth-order valence-corrected chi connectivity index (χ4v) is 3.11. The Morgan fingerprint density at radius 2 is 0.884 bits per heavy atom. The molecule has 2 N–H and O–H groups in total. The Hall–Kier alpha value is -4.60. The van der Waals surface area contributed by atoms with Crippen LogP contribution in [0.4, 0.5) is 5.69 Å². The second kappa shape index (κ2) is 18.8. The van der Waals surface area contributed by atoms with Crippen LogP contribution in [-0.4, -0.2) is 23.0 Å². The number of benzene rings is 4. The van der Waals surface area contributed by atoms with Crippen LogP contribution >= 0.6 is 0 Å². The van der Waals surface area contributed by atoms with Gasteiger partial charge in [-0.2, -0.15) is 7.11 Å². The third kappa shape index (κ3) is 15.3. The molecule has 0 saturated carbocycles. The van der Waals surface area contributed by atoms with Crippen LogP contribution in [0, 0.1) is 41.7 Å². The summed E-state index contributed by atoms with van der Waals surface area (Å²) in [5.74, 6) is 1.69. The van der Waals surface area contributed by atoms with Crippen molar-refractivity contribution in [2.45, 2.75) is 13.8 Å². The van der Waals surface area contributed by atoms with Crippen LogP contribution in [0.15, 0.2) is 91.0 Å². The van der Waals surface area contributed by atoms with Crippen molar-refractivity contribution in [2.24, 2.45) is 0 Å². The largest absolute Gasteiger partial charge is 0.662 e. The van der Waals surface area contributed by atoms with Crippen molar-refractivity contribution in [3.05, 3.63) is 130 Å². The smallest absolute Gasteiger partial charge is 0.161 e. The maximum atomic E-state index is 11.1. The van der Waals surface area contributed by atoms with Gasteiger partial charge in [0.1, 0.15) is 40.5 Å². The molecule has 9 nitrogen and oxygen atoms in total. The first-order chi connectivity index (χ1) is 19.9. The summed E-state index contributed by atoms with van der Waals surface area (Å²) in [4.78, 5) is 29.4. The Bertz CT molecular complexity index is 1380. The summed E-state index contributed by atoms with van der Waals surface area (Å²) in [5.41, 5.74) is 2.95. The summed E-state index contributed by atoms with van der Waals surface area (Å²) >= 11 is 0. The molecule has 0 saturated heterocycles. The quantitative estimate of drug-likeness (QED) is 0.155. The minimum Gasteiger partial charge on any atom is -0.662 e. The second-order valence-corrected chi connectivity index (χ2v) is 8.56. The Kier molecular flexibility index (Phi) is 15.9. The summed E-state index contributed by atoms with van der Waals surface area (Å²) in [6, 6.07) is 28.1. The number of amides is 1. The van der Waals surface area contributed by atoms with Gasteiger partial charge in [0.2, 0.25) is 0 Å². The molecule has 0 spiro atoms. The summed E-state index contributed by atoms with van der Waals surface area (Å²) < 4.78 is 21.9. The van der Waals surface area contributed by atoms with Crippen LogP contribution in [0.2, 0.25) is 0 Å². The zero-order chi connectivity index (χ0) is 31.1. The van der Waals surface area contributed by atoms with E-state index < -0.39 is 11.9 Å². The number of hydrogen-bond acceptors (Lipinski definition) is 7. The van der Waals surface area contributed by atoms with Crippen molar-refractivity contribution >= 4 is 23.5 Å². The number of carboxylic acids is 1. The molecule has 1 radical (unpaired) electrons. The molecule has 0 aromatic heterocycles. The molecule has 0 aliphatic heterocycles. The molecule has 4 rings (SSSR count). The van der Waals surface area contributed by atoms with Crippen molar-refractivity contribution in [2.75, 3.05) is 5.32 Å². The molecule has 0 heterocycles. The third-order valence-electron chi connectivity index (χ3n) is 4.90. The van der Waals surface area contributed by atoms with Gasteiger partial charge in [0.05, 0.1) is 5.91 Å². The standard InChI is InChI=1S/C28H24NO4.C3H4O2.C2H3O2.Y/c1-19-4-10-23(11-5-19)31-26-16-27(32-24-12-6-20(2)7-13-24)18-28(17-26)33-25-14-8-22(9-15-25)29-21(3)30;1-3(4)5-2;1-2(3)4;/h4-18H,3H2,1-2H3,(H,29,30);1-2H2;1H2,(H,3,4);/q-1;-2;-1;. The number of aryl methyl sites for hydroxylation is 2. The fraction of sp³-hybridized carbons (Fsp3) is 0.0606. The molecule has 10 heteroatoms. The predicted molar refractivity (Wildman–Crippen MR) is 159 cm³/mol. The molecule has 0 fully saturated rings. The van der Waals surface area contributed by atoms with Gasteiger partial charge in [0.25, 0.3) is 0 Å². The number of carbonyl (C=O) groups excluding carboxylic acids is 2. The van der Waals surface area contributed by atoms with Gasteiger partial charge in [-0.15, -0.1) is 0 Å². The van der Waals surface area contributed by atoms with Gasteiger partial charge in [-0.05, 0) is 62.4 Å². The van der Waals surface area contributed by atoms with Gasteiger partial charge in [0, 0.05) is 56.6 Å². The maximum Gasteiger partial charge on any atom is 0.161 e. The van der Waals surface area contributed by atoms with Gasteiger partial charge in [-0.1, -0.05) is 35.4 Å². The average molecular weight is 659 g/mol. The number of esters is 1. The summed E-state index contributed by atoms with van der Waals surface area (Å²) in [5, 5.41) is 9.94. The first-order valence-corrected chi connectivity index (χ1v) is 12.3. The van der Waals surface area contributed by atoms with Crippen molar-refractivity contribution in [1.29, 1.82) is 0 Å². The van der Waals surface area contributed by atoms with E-state index in [4.69, 9.17) is 24.1 Å². The minimum absolute atomic E-state index is 0. The topological polar surface area (TPSA) is 120 Å². The second-order valence-electron chi connectivity index (χ2n) is 8.56. The van der Waals surface area contributed by atoms with E-state index in [1.807, 2.05) is 68.4 Å². The van der Waals surface area contributed by atoms with E-state index in [9.17, 15) is 9.59 Å². The van der Waals surface area contributed by atoms with E-state index in [-0.39, 0.29) is 38.6 Å². The molecule has 4 aromatic carbocycles. The number of carbonyl (C=O) groups is 3. The predicted octanol–water partition coefficient (Wildman–Crippen LogP) is 7.51. The Morgan fingerprint density at radius 3 is 1.14 bits per heavy atom. The first kappa shape index (κ1) is 36.4. The number of carboxylic acid groups (broad SMARTS) is 1. The van der Waals surface area contributed by atoms with Gasteiger partial charge in [0.15, 0.2) is 5.97 Å². The maximum absolute atomic E-state index is 11.1. The van der Waals surface area contributed by atoms with E-state index in [2.05, 4.69) is 37.9 Å². The molecular weight excluding hydrogens is 627 g/mol. The number of hydrogen-bond donors (Lipinski definition) is 2. The zero-order valence-electron chi connectivity index (χ0n) is 23.9. The van der Waals surface area contributed by atoms with Crippen molar-refractivity contribution in [3.63, 3.8) is 0 Å². The monoisotopic (exact) mass is 658 g/mol. The van der Waals surface area contributed by atoms with Gasteiger partial charge < -0.3 is 48.0 Å². The van der Waals surface area contributed by atoms with E-state index in [1.54, 1.807) is 36.4 Å². The minimum atomic E-state index is -1.08. The van der Waals surface area contributed by atoms with Crippen molar-refractivity contribution < 1.29 is 71.1 Å². The Balaban J connectivity index is 0.000000813. The SMILES string of the molecule is [CH2-]C(=O)Nc1ccc(Oc2cc(Oc3ccc(C)cc3)cc(Oc3ccc(C)cc3)c2)cc1.[CH2-]C(=O)O.[CH2-]OC([CH2-])=O.[Y]. The van der Waals surface area contributed by atoms with E-state index in [1.165, 1.54) is 0 Å². The number of nitrogens with one attached hydrogen (secondary N) is 1. The molecule has 223 valence electrons. The van der Waals surface area contributed by atoms with Gasteiger partial charge in [-0.3, -0.25) is 16.5 Å². The van der Waals surface area contributed by atoms with Crippen LogP contribution in [0.3, 0.4) is 0 Å². The summed E-state index contributed by atoms with van der Waals surface area (Å²) in [6.45, 7) is 12.8. The molecule has 0 atom stereocenters. The van der Waals surface area contributed by atoms with E-state index >= 15 is 0 Å². The van der Waals surface area contributed by atoms with Crippen molar-refractivity contribution in [1.82, 2.24) is 0 Å². The molecule has 0 aliphatic rings. The summed E-state index contributed by atoms with van der Waals surface area (Å²) in [6.07, 6.45) is 0. The fourth-order valence-electron chi connectivity index (χ4n) is 3.11. The van der Waals surface area contributed by atoms with Crippen molar-refractivity contribution in [3.8, 4) is 34.5 Å². The first-order valence-electron chi connectivity index (χ1n) is 12.3. The Morgan fingerprint density at radius 1 is 0.605 bits per heavy atom. The summed E-state index contributed by atoms with van der Waals surface area (Å²) in [7, 11) is 2.77. The molecule has 1 amide bonds. The van der Waals surface area contributed by atoms with Crippen LogP contribution < -0.4 is 19.5 Å². The average Bonchev–Trinajstić information content (AvgIpc) is 2.92. The number of aliphatic carboxylic acids is 1. The van der Waals surface area contributed by atoms with Crippen LogP contribution in [0.5, 0.6) is 34.5 Å². The van der Waals surface area contributed by atoms with E-state index in [0.717, 1.165) is 11.1 Å². The Labute approximate surface area is 277 Å². The molecule has 43 heavy (non-hydrogen) atoms. The van der Waals surface area contributed by atoms with Crippen LogP contribution in [-0.2, 0) is 51.8 Å². The molecule has 4 aromatic rings. The molecular formula is C33H31NO8Y-4. The molecule has 0 unspecified atom stereocenters. The number of rotatable bonds is 7.